The first-order valence-electron chi connectivity index (χ1n) is 4.36. The van der Waals surface area contributed by atoms with Gasteiger partial charge in [-0.05, 0) is 18.6 Å². The normalized spacial score (nSPS) is 10.6. The second kappa shape index (κ2) is 3.09. The lowest BCUT2D eigenvalue weighted by atomic mass is 10.1. The number of aromatic amines is 1. The number of fused-ring (bicyclic) bond motifs is 1. The minimum atomic E-state index is 0.892. The van der Waals surface area contributed by atoms with Crippen molar-refractivity contribution in [3.8, 4) is 5.75 Å². The Hall–Kier alpha value is -1.51. The van der Waals surface area contributed by atoms with Crippen LogP contribution in [0.3, 0.4) is 0 Å². The van der Waals surface area contributed by atoms with Crippen molar-refractivity contribution in [3.05, 3.63) is 23.9 Å². The number of aromatic nitrogens is 2. The van der Waals surface area contributed by atoms with Crippen LogP contribution in [0.4, 0.5) is 0 Å². The first-order chi connectivity index (χ1) is 6.36. The molecule has 0 atom stereocenters. The van der Waals surface area contributed by atoms with Gasteiger partial charge in [-0.25, -0.2) is 0 Å². The maximum Gasteiger partial charge on any atom is 0.130 e. The highest BCUT2D eigenvalue weighted by molar-refractivity contribution is 5.87. The lowest BCUT2D eigenvalue weighted by molar-refractivity contribution is 0.419. The van der Waals surface area contributed by atoms with Crippen molar-refractivity contribution in [2.45, 2.75) is 13.3 Å². The molecule has 0 bridgehead atoms. The third-order valence-corrected chi connectivity index (χ3v) is 2.19. The first kappa shape index (κ1) is 8.10. The van der Waals surface area contributed by atoms with Crippen LogP contribution < -0.4 is 4.74 Å². The van der Waals surface area contributed by atoms with Crippen LogP contribution in [-0.4, -0.2) is 17.3 Å². The quantitative estimate of drug-likeness (QED) is 0.761. The second-order valence-electron chi connectivity index (χ2n) is 2.91. The van der Waals surface area contributed by atoms with Gasteiger partial charge in [-0.3, -0.25) is 5.10 Å². The molecule has 0 amide bonds. The van der Waals surface area contributed by atoms with Crippen LogP contribution >= 0.6 is 0 Å². The van der Waals surface area contributed by atoms with Gasteiger partial charge in [0.1, 0.15) is 5.75 Å². The summed E-state index contributed by atoms with van der Waals surface area (Å²) in [7, 11) is 1.68. The van der Waals surface area contributed by atoms with Crippen LogP contribution in [0.5, 0.6) is 5.75 Å². The maximum absolute atomic E-state index is 5.27. The van der Waals surface area contributed by atoms with E-state index in [2.05, 4.69) is 17.1 Å². The van der Waals surface area contributed by atoms with Gasteiger partial charge in [0.05, 0.1) is 18.0 Å². The zero-order chi connectivity index (χ0) is 9.26. The van der Waals surface area contributed by atoms with Crippen molar-refractivity contribution in [1.29, 1.82) is 0 Å². The van der Waals surface area contributed by atoms with Crippen LogP contribution in [0, 0.1) is 0 Å². The molecule has 0 saturated carbocycles. The number of nitrogens with zero attached hydrogens (tertiary/aromatic N) is 1. The average molecular weight is 176 g/mol. The average Bonchev–Trinajstić information content (AvgIpc) is 2.60. The topological polar surface area (TPSA) is 37.9 Å². The molecule has 3 nitrogen and oxygen atoms in total. The van der Waals surface area contributed by atoms with Gasteiger partial charge in [-0.1, -0.05) is 13.0 Å². The Kier molecular flexibility index (Phi) is 1.93. The minimum absolute atomic E-state index is 0.892. The van der Waals surface area contributed by atoms with Gasteiger partial charge in [-0.2, -0.15) is 5.10 Å². The zero-order valence-electron chi connectivity index (χ0n) is 7.79. The molecule has 0 aliphatic rings. The summed E-state index contributed by atoms with van der Waals surface area (Å²) in [5, 5.41) is 8.31. The van der Waals surface area contributed by atoms with Crippen LogP contribution in [0.15, 0.2) is 18.2 Å². The fourth-order valence-electron chi connectivity index (χ4n) is 1.53. The van der Waals surface area contributed by atoms with E-state index in [0.29, 0.717) is 0 Å². The number of aryl methyl sites for hydroxylation is 1. The molecule has 13 heavy (non-hydrogen) atoms. The fourth-order valence-corrected chi connectivity index (χ4v) is 1.53. The first-order valence-corrected chi connectivity index (χ1v) is 4.36. The van der Waals surface area contributed by atoms with E-state index >= 15 is 0 Å². The summed E-state index contributed by atoms with van der Waals surface area (Å²) in [6, 6.07) is 5.88. The van der Waals surface area contributed by atoms with Crippen molar-refractivity contribution in [2.75, 3.05) is 7.11 Å². The molecular weight excluding hydrogens is 164 g/mol. The predicted octanol–water partition coefficient (Wildman–Crippen LogP) is 2.13. The van der Waals surface area contributed by atoms with E-state index in [1.807, 2.05) is 18.2 Å². The molecule has 2 rings (SSSR count). The molecule has 1 aromatic carbocycles. The lowest BCUT2D eigenvalue weighted by Gasteiger charge is -2.01. The van der Waals surface area contributed by atoms with Crippen molar-refractivity contribution in [1.82, 2.24) is 10.2 Å². The van der Waals surface area contributed by atoms with Crippen molar-refractivity contribution in [2.24, 2.45) is 0 Å². The zero-order valence-corrected chi connectivity index (χ0v) is 7.79. The number of hydrogen-bond donors (Lipinski definition) is 1. The Labute approximate surface area is 76.7 Å². The van der Waals surface area contributed by atoms with Gasteiger partial charge in [0.25, 0.3) is 0 Å². The number of hydrogen-bond acceptors (Lipinski definition) is 2. The van der Waals surface area contributed by atoms with Crippen LogP contribution in [-0.2, 0) is 6.42 Å². The molecule has 0 fully saturated rings. The number of nitrogens with one attached hydrogen (secondary N) is 1. The van der Waals surface area contributed by atoms with E-state index in [4.69, 9.17) is 4.74 Å². The summed E-state index contributed by atoms with van der Waals surface area (Å²) in [5.74, 6) is 0.892. The summed E-state index contributed by atoms with van der Waals surface area (Å²) in [5.41, 5.74) is 2.10. The molecule has 3 heteroatoms. The summed E-state index contributed by atoms with van der Waals surface area (Å²) in [6.45, 7) is 2.10. The number of methoxy groups -OCH3 is 1. The van der Waals surface area contributed by atoms with Gasteiger partial charge >= 0.3 is 0 Å². The van der Waals surface area contributed by atoms with Gasteiger partial charge in [0.15, 0.2) is 0 Å². The van der Waals surface area contributed by atoms with Gasteiger partial charge < -0.3 is 4.74 Å². The molecule has 68 valence electrons. The van der Waals surface area contributed by atoms with E-state index < -0.39 is 0 Å². The molecule has 0 spiro atoms. The highest BCUT2D eigenvalue weighted by Gasteiger charge is 2.07. The molecule has 0 radical (unpaired) electrons. The molecule has 0 aliphatic carbocycles. The highest BCUT2D eigenvalue weighted by atomic mass is 16.5. The maximum atomic E-state index is 5.27. The summed E-state index contributed by atoms with van der Waals surface area (Å²) in [4.78, 5) is 0. The number of H-pyrrole nitrogens is 1. The Bertz CT molecular complexity index is 420. The Morgan fingerprint density at radius 1 is 1.46 bits per heavy atom. The molecule has 1 N–H and O–H groups in total. The van der Waals surface area contributed by atoms with E-state index in [0.717, 1.165) is 28.8 Å². The van der Waals surface area contributed by atoms with E-state index in [9.17, 15) is 0 Å². The second-order valence-corrected chi connectivity index (χ2v) is 2.91. The van der Waals surface area contributed by atoms with Crippen LogP contribution in [0.1, 0.15) is 12.6 Å². The van der Waals surface area contributed by atoms with Crippen molar-refractivity contribution < 1.29 is 4.74 Å². The van der Waals surface area contributed by atoms with Crippen LogP contribution in [0.25, 0.3) is 10.9 Å². The van der Waals surface area contributed by atoms with Gasteiger partial charge in [0, 0.05) is 5.69 Å². The molecule has 1 heterocycles. The molecule has 0 saturated heterocycles. The standard InChI is InChI=1S/C10H12N2O/c1-3-7-10-8(12-11-7)5-4-6-9(10)13-2/h4-6H,3H2,1-2H3,(H,11,12). The highest BCUT2D eigenvalue weighted by Crippen LogP contribution is 2.26. The number of rotatable bonds is 2. The Balaban J connectivity index is 2.76. The van der Waals surface area contributed by atoms with Crippen LogP contribution in [0.2, 0.25) is 0 Å². The third kappa shape index (κ3) is 1.16. The van der Waals surface area contributed by atoms with Gasteiger partial charge in [0.2, 0.25) is 0 Å². The molecule has 1 aromatic heterocycles. The monoisotopic (exact) mass is 176 g/mol. The van der Waals surface area contributed by atoms with Crippen molar-refractivity contribution in [3.63, 3.8) is 0 Å². The van der Waals surface area contributed by atoms with Gasteiger partial charge in [-0.15, -0.1) is 0 Å². The molecule has 2 aromatic rings. The minimum Gasteiger partial charge on any atom is -0.496 e. The summed E-state index contributed by atoms with van der Waals surface area (Å²) in [6.07, 6.45) is 0.941. The third-order valence-electron chi connectivity index (χ3n) is 2.19. The molecule has 0 aliphatic heterocycles. The summed E-state index contributed by atoms with van der Waals surface area (Å²) >= 11 is 0. The predicted molar refractivity (Wildman–Crippen MR) is 52.0 cm³/mol. The molecular formula is C10H12N2O. The van der Waals surface area contributed by atoms with Crippen molar-refractivity contribution >= 4 is 10.9 Å². The van der Waals surface area contributed by atoms with E-state index in [-0.39, 0.29) is 0 Å². The lowest BCUT2D eigenvalue weighted by Crippen LogP contribution is -1.86. The van der Waals surface area contributed by atoms with E-state index in [1.54, 1.807) is 7.11 Å². The smallest absolute Gasteiger partial charge is 0.130 e. The molecule has 0 unspecified atom stereocenters. The fraction of sp³-hybridized carbons (Fsp3) is 0.300. The Morgan fingerprint density at radius 2 is 2.31 bits per heavy atom. The number of benzene rings is 1. The number of ether oxygens (including phenoxy) is 1. The Morgan fingerprint density at radius 3 is 3.00 bits per heavy atom. The SMILES string of the molecule is CCc1[nH]nc2cccc(OC)c12. The summed E-state index contributed by atoms with van der Waals surface area (Å²) < 4.78 is 5.27. The van der Waals surface area contributed by atoms with E-state index in [1.165, 1.54) is 0 Å². The largest absolute Gasteiger partial charge is 0.496 e.